The van der Waals surface area contributed by atoms with E-state index in [4.69, 9.17) is 0 Å². The molecule has 0 aromatic heterocycles. The zero-order valence-electron chi connectivity index (χ0n) is 40.2. The Morgan fingerprint density at radius 1 is 0.516 bits per heavy atom. The largest absolute Gasteiger partial charge is 0.348 e. The van der Waals surface area contributed by atoms with Gasteiger partial charge in [0, 0.05) is 0 Å². The lowest BCUT2D eigenvalue weighted by molar-refractivity contribution is -0.135. The summed E-state index contributed by atoms with van der Waals surface area (Å²) in [5.41, 5.74) is 3.33. The van der Waals surface area contributed by atoms with Crippen molar-refractivity contribution >= 4 is 35.4 Å². The van der Waals surface area contributed by atoms with E-state index in [0.717, 1.165) is 49.7 Å². The van der Waals surface area contributed by atoms with Crippen LogP contribution in [0.25, 0.3) is 0 Å². The molecule has 14 nitrogen and oxygen atoms in total. The molecular weight excluding hydrogens is 809 g/mol. The first-order valence-electron chi connectivity index (χ1n) is 23.6. The van der Waals surface area contributed by atoms with Crippen molar-refractivity contribution in [2.45, 2.75) is 181 Å². The van der Waals surface area contributed by atoms with Crippen LogP contribution in [0.15, 0.2) is 48.5 Å². The molecule has 0 fully saturated rings. The topological polar surface area (TPSA) is 199 Å². The summed E-state index contributed by atoms with van der Waals surface area (Å²) in [6, 6.07) is 11.4. The SMILES string of the molecule is CNC(C)C(=O)NC(C(=O)NC(CCCCCCC(NC(=O)C(NC(=O)C(C)NC)C(C)(C)C)C(=O)NC1CCCc2ccccc21)C(=O)NC1CCCc2ccccc21)C(C)(C)C. The summed E-state index contributed by atoms with van der Waals surface area (Å²) in [4.78, 5) is 82.2. The van der Waals surface area contributed by atoms with E-state index in [9.17, 15) is 28.8 Å². The van der Waals surface area contributed by atoms with Gasteiger partial charge in [-0.05, 0) is 112 Å². The summed E-state index contributed by atoms with van der Waals surface area (Å²) >= 11 is 0. The van der Waals surface area contributed by atoms with Crippen LogP contribution in [0.3, 0.4) is 0 Å². The molecule has 354 valence electrons. The van der Waals surface area contributed by atoms with Crippen LogP contribution in [0.1, 0.15) is 154 Å². The van der Waals surface area contributed by atoms with Crippen molar-refractivity contribution in [2.75, 3.05) is 14.1 Å². The Labute approximate surface area is 382 Å². The summed E-state index contributed by atoms with van der Waals surface area (Å²) in [6.45, 7) is 14.7. The fourth-order valence-corrected chi connectivity index (χ4v) is 8.60. The summed E-state index contributed by atoms with van der Waals surface area (Å²) in [6.07, 6.45) is 8.70. The number of carbonyl (C=O) groups is 6. The molecule has 64 heavy (non-hydrogen) atoms. The van der Waals surface area contributed by atoms with E-state index in [0.29, 0.717) is 38.5 Å². The summed E-state index contributed by atoms with van der Waals surface area (Å²) < 4.78 is 0. The zero-order valence-corrected chi connectivity index (χ0v) is 40.2. The number of nitrogens with one attached hydrogen (secondary N) is 8. The Hall–Kier alpha value is -4.82. The maximum absolute atomic E-state index is 14.1. The third-order valence-corrected chi connectivity index (χ3v) is 12.9. The first kappa shape index (κ1) is 51.8. The van der Waals surface area contributed by atoms with Gasteiger partial charge >= 0.3 is 0 Å². The highest BCUT2D eigenvalue weighted by Crippen LogP contribution is 2.31. The van der Waals surface area contributed by atoms with Gasteiger partial charge in [-0.25, -0.2) is 0 Å². The van der Waals surface area contributed by atoms with Gasteiger partial charge in [0.1, 0.15) is 24.2 Å². The molecule has 8 N–H and O–H groups in total. The number of carbonyl (C=O) groups excluding carboxylic acids is 6. The molecule has 0 radical (unpaired) electrons. The Morgan fingerprint density at radius 2 is 0.875 bits per heavy atom. The van der Waals surface area contributed by atoms with Gasteiger partial charge < -0.3 is 42.5 Å². The zero-order chi connectivity index (χ0) is 47.2. The van der Waals surface area contributed by atoms with Crippen molar-refractivity contribution < 1.29 is 28.8 Å². The number of likely N-dealkylation sites (N-methyl/N-ethyl adjacent to an activating group) is 2. The fourth-order valence-electron chi connectivity index (χ4n) is 8.60. The highest BCUT2D eigenvalue weighted by molar-refractivity contribution is 5.94. The summed E-state index contributed by atoms with van der Waals surface area (Å²) in [7, 11) is 3.36. The maximum Gasteiger partial charge on any atom is 0.243 e. The number of rotatable bonds is 21. The molecule has 2 aliphatic rings. The monoisotopic (exact) mass is 887 g/mol. The highest BCUT2D eigenvalue weighted by atomic mass is 16.2. The van der Waals surface area contributed by atoms with Crippen LogP contribution in [-0.4, -0.2) is 85.8 Å². The van der Waals surface area contributed by atoms with E-state index in [2.05, 4.69) is 66.8 Å². The standard InChI is InChI=1S/C50H78N8O6/c1-31(51-9)43(59)57-41(49(3,4)5)47(63)55-39(45(61)53-37-29-19-23-33-21-15-17-25-35(33)37)27-13-11-12-14-28-40(46(62)54-38-30-20-24-34-22-16-18-26-36(34)38)56-48(64)42(50(6,7)8)58-44(60)32(2)52-10/h15-18,21-22,25-26,31-32,37-42,51-52H,11-14,19-20,23-24,27-30H2,1-10H3,(H,53,61)(H,54,62)(H,55,63)(H,56,64)(H,57,59)(H,58,60). The molecule has 2 aromatic carbocycles. The van der Waals surface area contributed by atoms with Crippen LogP contribution >= 0.6 is 0 Å². The van der Waals surface area contributed by atoms with Gasteiger partial charge in [0.05, 0.1) is 24.2 Å². The molecule has 8 atom stereocenters. The fraction of sp³-hybridized carbons (Fsp3) is 0.640. The molecular formula is C50H78N8O6. The second-order valence-electron chi connectivity index (χ2n) is 20.1. The van der Waals surface area contributed by atoms with Crippen LogP contribution < -0.4 is 42.5 Å². The van der Waals surface area contributed by atoms with Gasteiger partial charge in [-0.1, -0.05) is 116 Å². The summed E-state index contributed by atoms with van der Waals surface area (Å²) in [5.74, 6) is -2.03. The quantitative estimate of drug-likeness (QED) is 0.0805. The second kappa shape index (κ2) is 23.9. The van der Waals surface area contributed by atoms with Crippen molar-refractivity contribution in [3.8, 4) is 0 Å². The molecule has 0 heterocycles. The Bertz CT molecular complexity index is 1770. The molecule has 2 aliphatic carbocycles. The highest BCUT2D eigenvalue weighted by Gasteiger charge is 2.38. The minimum Gasteiger partial charge on any atom is -0.348 e. The number of amides is 6. The van der Waals surface area contributed by atoms with Crippen LogP contribution in [0, 0.1) is 10.8 Å². The molecule has 0 saturated heterocycles. The number of fused-ring (bicyclic) bond motifs is 2. The molecule has 0 bridgehead atoms. The van der Waals surface area contributed by atoms with Gasteiger partial charge in [0.2, 0.25) is 35.4 Å². The van der Waals surface area contributed by atoms with Gasteiger partial charge in [0.25, 0.3) is 0 Å². The number of aryl methyl sites for hydroxylation is 2. The van der Waals surface area contributed by atoms with Crippen LogP contribution in [0.4, 0.5) is 0 Å². The predicted octanol–water partition coefficient (Wildman–Crippen LogP) is 4.96. The molecule has 4 rings (SSSR count). The van der Waals surface area contributed by atoms with Crippen molar-refractivity contribution in [3.63, 3.8) is 0 Å². The van der Waals surface area contributed by atoms with Gasteiger partial charge in [-0.15, -0.1) is 0 Å². The second-order valence-corrected chi connectivity index (χ2v) is 20.1. The Morgan fingerprint density at radius 3 is 1.22 bits per heavy atom. The average molecular weight is 887 g/mol. The molecule has 6 amide bonds. The minimum atomic E-state index is -0.889. The van der Waals surface area contributed by atoms with E-state index < -0.39 is 58.9 Å². The molecule has 0 aliphatic heterocycles. The van der Waals surface area contributed by atoms with E-state index in [1.54, 1.807) is 27.9 Å². The lowest BCUT2D eigenvalue weighted by Gasteiger charge is -2.33. The average Bonchev–Trinajstić information content (AvgIpc) is 3.26. The van der Waals surface area contributed by atoms with Crippen LogP contribution in [0.5, 0.6) is 0 Å². The number of unbranched alkanes of at least 4 members (excludes halogenated alkanes) is 3. The molecule has 2 aromatic rings. The molecule has 14 heteroatoms. The van der Waals surface area contributed by atoms with Crippen molar-refractivity contribution in [1.29, 1.82) is 0 Å². The van der Waals surface area contributed by atoms with Crippen molar-refractivity contribution in [3.05, 3.63) is 70.8 Å². The van der Waals surface area contributed by atoms with E-state index in [-0.39, 0.29) is 35.7 Å². The Kier molecular flexibility index (Phi) is 19.4. The third-order valence-electron chi connectivity index (χ3n) is 12.9. The lowest BCUT2D eigenvalue weighted by atomic mass is 9.85. The van der Waals surface area contributed by atoms with E-state index in [1.807, 2.05) is 65.8 Å². The molecule has 0 spiro atoms. The Balaban J connectivity index is 1.47. The molecule has 0 saturated carbocycles. The van der Waals surface area contributed by atoms with E-state index >= 15 is 0 Å². The lowest BCUT2D eigenvalue weighted by Crippen LogP contribution is -2.59. The van der Waals surface area contributed by atoms with Crippen molar-refractivity contribution in [1.82, 2.24) is 42.5 Å². The van der Waals surface area contributed by atoms with E-state index in [1.165, 1.54) is 11.1 Å². The first-order valence-corrected chi connectivity index (χ1v) is 23.6. The van der Waals surface area contributed by atoms with Gasteiger partial charge in [-0.2, -0.15) is 0 Å². The number of hydrogen-bond donors (Lipinski definition) is 8. The van der Waals surface area contributed by atoms with Crippen molar-refractivity contribution in [2.24, 2.45) is 10.8 Å². The third kappa shape index (κ3) is 14.9. The summed E-state index contributed by atoms with van der Waals surface area (Å²) in [5, 5.41) is 24.1. The number of hydrogen-bond acceptors (Lipinski definition) is 8. The van der Waals surface area contributed by atoms with Crippen LogP contribution in [0.2, 0.25) is 0 Å². The van der Waals surface area contributed by atoms with Gasteiger partial charge in [0.15, 0.2) is 0 Å². The van der Waals surface area contributed by atoms with Crippen LogP contribution in [-0.2, 0) is 41.6 Å². The first-order chi connectivity index (χ1) is 30.2. The molecule has 8 unspecified atom stereocenters. The predicted molar refractivity (Wildman–Crippen MR) is 252 cm³/mol. The minimum absolute atomic E-state index is 0.176. The number of benzene rings is 2. The van der Waals surface area contributed by atoms with Gasteiger partial charge in [-0.3, -0.25) is 28.8 Å². The normalized spacial score (nSPS) is 18.9. The smallest absolute Gasteiger partial charge is 0.243 e. The maximum atomic E-state index is 14.1.